The van der Waals surface area contributed by atoms with Crippen LogP contribution in [0, 0.1) is 6.92 Å². The van der Waals surface area contributed by atoms with Crippen LogP contribution < -0.4 is 21.1 Å². The van der Waals surface area contributed by atoms with Crippen molar-refractivity contribution in [2.45, 2.75) is 36.8 Å². The highest BCUT2D eigenvalue weighted by atomic mass is 127. The predicted molar refractivity (Wildman–Crippen MR) is 109 cm³/mol. The summed E-state index contributed by atoms with van der Waals surface area (Å²) >= 11 is 2.26. The van der Waals surface area contributed by atoms with E-state index in [-0.39, 0.29) is 19.3 Å². The van der Waals surface area contributed by atoms with E-state index in [1.807, 2.05) is 19.1 Å². The van der Waals surface area contributed by atoms with E-state index in [0.29, 0.717) is 5.69 Å². The van der Waals surface area contributed by atoms with Crippen LogP contribution in [0.5, 0.6) is 0 Å². The molecule has 2 rings (SSSR count). The van der Waals surface area contributed by atoms with Gasteiger partial charge in [0.05, 0.1) is 11.9 Å². The molecule has 0 saturated carbocycles. The molecule has 1 unspecified atom stereocenters. The Bertz CT molecular complexity index is 648. The number of rotatable bonds is 8. The molecular formula is C17H25IN4O4. The third-order valence-electron chi connectivity index (χ3n) is 4.43. The standard InChI is InChI=1S/C17H25IN4O4/c1-11-6-12(8-18)14(22(19)15-4-2-3-5-20-15)7-13(11)21(9-16(23)24)10-17(25)26/h6-7,15,20H,2-5,8-10,19H2,1H3,(H,23,24)(H,25,26). The molecule has 1 atom stereocenters. The quantitative estimate of drug-likeness (QED) is 0.194. The lowest BCUT2D eigenvalue weighted by Gasteiger charge is -2.35. The molecule has 1 aliphatic rings. The number of halogens is 1. The van der Waals surface area contributed by atoms with Crippen LogP contribution in [0.15, 0.2) is 12.1 Å². The number of benzene rings is 1. The van der Waals surface area contributed by atoms with Crippen LogP contribution in [-0.4, -0.2) is 48.0 Å². The van der Waals surface area contributed by atoms with Crippen molar-refractivity contribution >= 4 is 45.9 Å². The van der Waals surface area contributed by atoms with Gasteiger partial charge in [0.1, 0.15) is 13.1 Å². The molecule has 8 nitrogen and oxygen atoms in total. The number of alkyl halides is 1. The fourth-order valence-corrected chi connectivity index (χ4v) is 3.84. The molecule has 1 aromatic carbocycles. The fraction of sp³-hybridized carbons (Fsp3) is 0.529. The summed E-state index contributed by atoms with van der Waals surface area (Å²) in [5, 5.41) is 23.4. The van der Waals surface area contributed by atoms with Crippen molar-refractivity contribution in [2.24, 2.45) is 5.84 Å². The maximum atomic E-state index is 11.2. The lowest BCUT2D eigenvalue weighted by molar-refractivity contribution is -0.136. The van der Waals surface area contributed by atoms with Gasteiger partial charge >= 0.3 is 11.9 Å². The van der Waals surface area contributed by atoms with Gasteiger partial charge in [0.2, 0.25) is 0 Å². The average molecular weight is 476 g/mol. The van der Waals surface area contributed by atoms with Crippen LogP contribution in [0.4, 0.5) is 11.4 Å². The number of nitrogens with one attached hydrogen (secondary N) is 1. The monoisotopic (exact) mass is 476 g/mol. The molecule has 26 heavy (non-hydrogen) atoms. The Morgan fingerprint density at radius 3 is 2.38 bits per heavy atom. The molecule has 9 heteroatoms. The van der Waals surface area contributed by atoms with Gasteiger partial charge in [-0.25, -0.2) is 5.84 Å². The van der Waals surface area contributed by atoms with Crippen molar-refractivity contribution in [1.29, 1.82) is 0 Å². The summed E-state index contributed by atoms with van der Waals surface area (Å²) in [6.45, 7) is 1.98. The molecule has 0 radical (unpaired) electrons. The number of carboxylic acid groups (broad SMARTS) is 2. The molecule has 1 saturated heterocycles. The van der Waals surface area contributed by atoms with Crippen LogP contribution in [0.25, 0.3) is 0 Å². The topological polar surface area (TPSA) is 119 Å². The Labute approximate surface area is 166 Å². The number of anilines is 2. The van der Waals surface area contributed by atoms with Crippen LogP contribution in [0.3, 0.4) is 0 Å². The molecule has 0 bridgehead atoms. The van der Waals surface area contributed by atoms with Crippen molar-refractivity contribution < 1.29 is 19.8 Å². The molecule has 0 aromatic heterocycles. The van der Waals surface area contributed by atoms with E-state index in [1.165, 1.54) is 4.90 Å². The molecular weight excluding hydrogens is 451 g/mol. The third kappa shape index (κ3) is 5.21. The first-order valence-electron chi connectivity index (χ1n) is 8.48. The van der Waals surface area contributed by atoms with Gasteiger partial charge < -0.3 is 15.1 Å². The highest BCUT2D eigenvalue weighted by Gasteiger charge is 2.23. The van der Waals surface area contributed by atoms with Crippen molar-refractivity contribution in [2.75, 3.05) is 29.5 Å². The summed E-state index contributed by atoms with van der Waals surface area (Å²) in [5.41, 5.74) is 3.23. The largest absolute Gasteiger partial charge is 0.480 e. The fourth-order valence-electron chi connectivity index (χ4n) is 3.22. The number of nitrogens with zero attached hydrogens (tertiary/aromatic N) is 2. The Hall–Kier alpha value is -1.59. The highest BCUT2D eigenvalue weighted by molar-refractivity contribution is 14.1. The predicted octanol–water partition coefficient (Wildman–Crippen LogP) is 1.69. The molecule has 0 spiro atoms. The maximum absolute atomic E-state index is 11.2. The number of carbonyl (C=O) groups is 2. The van der Waals surface area contributed by atoms with E-state index < -0.39 is 11.9 Å². The van der Waals surface area contributed by atoms with Crippen molar-refractivity contribution in [3.8, 4) is 0 Å². The van der Waals surface area contributed by atoms with Gasteiger partial charge in [-0.3, -0.25) is 19.9 Å². The van der Waals surface area contributed by atoms with Gasteiger partial charge in [0, 0.05) is 10.1 Å². The third-order valence-corrected chi connectivity index (χ3v) is 5.25. The molecule has 1 fully saturated rings. The lowest BCUT2D eigenvalue weighted by atomic mass is 10.0. The normalized spacial score (nSPS) is 17.0. The van der Waals surface area contributed by atoms with E-state index in [9.17, 15) is 9.59 Å². The minimum absolute atomic E-state index is 0.00778. The van der Waals surface area contributed by atoms with Gasteiger partial charge in [-0.1, -0.05) is 28.7 Å². The van der Waals surface area contributed by atoms with Crippen LogP contribution in [0.1, 0.15) is 30.4 Å². The Morgan fingerprint density at radius 2 is 1.88 bits per heavy atom. The SMILES string of the molecule is Cc1cc(CI)c(N(N)C2CCCCN2)cc1N(CC(=O)O)CC(=O)O. The van der Waals surface area contributed by atoms with E-state index in [1.54, 1.807) is 5.01 Å². The second-order valence-corrected chi connectivity index (χ2v) is 7.18. The van der Waals surface area contributed by atoms with E-state index in [0.717, 1.165) is 47.0 Å². The lowest BCUT2D eigenvalue weighted by Crippen LogP contribution is -2.52. The number of piperidine rings is 1. The number of hydrazine groups is 1. The second-order valence-electron chi connectivity index (χ2n) is 6.42. The molecule has 5 N–H and O–H groups in total. The summed E-state index contributed by atoms with van der Waals surface area (Å²) in [7, 11) is 0. The molecule has 1 heterocycles. The maximum Gasteiger partial charge on any atom is 0.323 e. The van der Waals surface area contributed by atoms with Gasteiger partial charge in [-0.05, 0) is 49.9 Å². The number of aryl methyl sites for hydroxylation is 1. The van der Waals surface area contributed by atoms with E-state index in [4.69, 9.17) is 16.1 Å². The number of hydrogen-bond donors (Lipinski definition) is 4. The van der Waals surface area contributed by atoms with Crippen LogP contribution in [-0.2, 0) is 14.0 Å². The van der Waals surface area contributed by atoms with E-state index >= 15 is 0 Å². The van der Waals surface area contributed by atoms with Crippen molar-refractivity contribution in [3.63, 3.8) is 0 Å². The van der Waals surface area contributed by atoms with Gasteiger partial charge in [-0.15, -0.1) is 0 Å². The summed E-state index contributed by atoms with van der Waals surface area (Å²) < 4.78 is 0.743. The minimum atomic E-state index is -1.08. The number of aliphatic carboxylic acids is 2. The molecule has 0 amide bonds. The first kappa shape index (κ1) is 20.7. The van der Waals surface area contributed by atoms with E-state index in [2.05, 4.69) is 27.9 Å². The van der Waals surface area contributed by atoms with Crippen molar-refractivity contribution in [3.05, 3.63) is 23.3 Å². The zero-order valence-corrected chi connectivity index (χ0v) is 16.9. The Morgan fingerprint density at radius 1 is 1.23 bits per heavy atom. The highest BCUT2D eigenvalue weighted by Crippen LogP contribution is 2.32. The van der Waals surface area contributed by atoms with Crippen LogP contribution >= 0.6 is 22.6 Å². The molecule has 0 aliphatic carbocycles. The van der Waals surface area contributed by atoms with Crippen LogP contribution in [0.2, 0.25) is 0 Å². The summed E-state index contributed by atoms with van der Waals surface area (Å²) in [4.78, 5) is 23.7. The molecule has 1 aliphatic heterocycles. The smallest absolute Gasteiger partial charge is 0.323 e. The van der Waals surface area contributed by atoms with Gasteiger partial charge in [0.25, 0.3) is 0 Å². The summed E-state index contributed by atoms with van der Waals surface area (Å²) in [6.07, 6.45) is 3.14. The first-order chi connectivity index (χ1) is 12.3. The summed E-state index contributed by atoms with van der Waals surface area (Å²) in [5.74, 6) is 4.22. The number of nitrogens with two attached hydrogens (primary N) is 1. The average Bonchev–Trinajstić information content (AvgIpc) is 2.60. The second kappa shape index (κ2) is 9.38. The zero-order chi connectivity index (χ0) is 19.3. The van der Waals surface area contributed by atoms with Crippen molar-refractivity contribution in [1.82, 2.24) is 5.32 Å². The first-order valence-corrected chi connectivity index (χ1v) is 10.0. The number of hydrogen-bond acceptors (Lipinski definition) is 6. The minimum Gasteiger partial charge on any atom is -0.480 e. The Balaban J connectivity index is 2.42. The summed E-state index contributed by atoms with van der Waals surface area (Å²) in [6, 6.07) is 3.77. The van der Waals surface area contributed by atoms with Gasteiger partial charge in [-0.2, -0.15) is 0 Å². The number of carboxylic acids is 2. The Kier molecular flexibility index (Phi) is 7.47. The molecule has 144 valence electrons. The molecule has 1 aromatic rings. The zero-order valence-electron chi connectivity index (χ0n) is 14.7. The van der Waals surface area contributed by atoms with Gasteiger partial charge in [0.15, 0.2) is 0 Å².